The molecule has 0 amide bonds. The number of unbranched alkanes of at least 4 members (excludes halogenated alkanes) is 10. The molecule has 0 aliphatic carbocycles. The third-order valence-electron chi connectivity index (χ3n) is 3.26. The van der Waals surface area contributed by atoms with Gasteiger partial charge < -0.3 is 15.6 Å². The Morgan fingerprint density at radius 2 is 1.28 bits per heavy atom. The Bertz CT molecular complexity index is 153. The van der Waals surface area contributed by atoms with Crippen LogP contribution in [0.1, 0.15) is 77.6 Å². The number of aliphatic hydroxyl groups is 1. The van der Waals surface area contributed by atoms with Crippen molar-refractivity contribution < 1.29 is 9.84 Å². The number of hydrogen-bond acceptors (Lipinski definition) is 3. The van der Waals surface area contributed by atoms with Crippen molar-refractivity contribution in [3.63, 3.8) is 0 Å². The van der Waals surface area contributed by atoms with E-state index in [1.807, 2.05) is 0 Å². The summed E-state index contributed by atoms with van der Waals surface area (Å²) in [5.74, 6) is 0. The van der Waals surface area contributed by atoms with E-state index in [2.05, 4.69) is 6.92 Å². The smallest absolute Gasteiger partial charge is 0.166 e. The maximum Gasteiger partial charge on any atom is 0.166 e. The standard InChI is InChI=1S/C15H33NO2/c1-2-3-4-5-6-7-8-9-10-11-12-13-18-15(17)14-16/h15,17H,2-14,16H2,1H3. The summed E-state index contributed by atoms with van der Waals surface area (Å²) in [7, 11) is 0. The Hall–Kier alpha value is -0.120. The summed E-state index contributed by atoms with van der Waals surface area (Å²) in [6.07, 6.45) is 13.8. The van der Waals surface area contributed by atoms with Gasteiger partial charge in [-0.25, -0.2) is 0 Å². The second-order valence-electron chi connectivity index (χ2n) is 5.10. The van der Waals surface area contributed by atoms with Gasteiger partial charge in [0.2, 0.25) is 0 Å². The van der Waals surface area contributed by atoms with Crippen LogP contribution in [-0.2, 0) is 4.74 Å². The van der Waals surface area contributed by atoms with Crippen molar-refractivity contribution in [2.45, 2.75) is 83.8 Å². The fourth-order valence-corrected chi connectivity index (χ4v) is 2.05. The third kappa shape index (κ3) is 13.9. The molecule has 0 heterocycles. The summed E-state index contributed by atoms with van der Waals surface area (Å²) in [5, 5.41) is 9.07. The minimum Gasteiger partial charge on any atom is -0.367 e. The molecule has 18 heavy (non-hydrogen) atoms. The Labute approximate surface area is 113 Å². The molecule has 0 saturated heterocycles. The number of hydrogen-bond donors (Lipinski definition) is 2. The summed E-state index contributed by atoms with van der Waals surface area (Å²) in [5.41, 5.74) is 5.24. The van der Waals surface area contributed by atoms with Gasteiger partial charge in [0.25, 0.3) is 0 Å². The average Bonchev–Trinajstić information content (AvgIpc) is 2.39. The summed E-state index contributed by atoms with van der Waals surface area (Å²) in [4.78, 5) is 0. The van der Waals surface area contributed by atoms with Crippen molar-refractivity contribution >= 4 is 0 Å². The van der Waals surface area contributed by atoms with E-state index in [1.54, 1.807) is 0 Å². The lowest BCUT2D eigenvalue weighted by Crippen LogP contribution is -2.23. The highest BCUT2D eigenvalue weighted by atomic mass is 16.6. The van der Waals surface area contributed by atoms with Gasteiger partial charge in [-0.2, -0.15) is 0 Å². The Morgan fingerprint density at radius 1 is 0.833 bits per heavy atom. The molecule has 1 unspecified atom stereocenters. The van der Waals surface area contributed by atoms with Crippen LogP contribution in [0.3, 0.4) is 0 Å². The molecule has 0 aliphatic rings. The average molecular weight is 259 g/mol. The monoisotopic (exact) mass is 259 g/mol. The van der Waals surface area contributed by atoms with Gasteiger partial charge in [-0.3, -0.25) is 0 Å². The highest BCUT2D eigenvalue weighted by Crippen LogP contribution is 2.11. The molecule has 0 aliphatic heterocycles. The molecule has 0 aromatic heterocycles. The summed E-state index contributed by atoms with van der Waals surface area (Å²) >= 11 is 0. The van der Waals surface area contributed by atoms with E-state index in [1.165, 1.54) is 64.2 Å². The first-order valence-electron chi connectivity index (χ1n) is 7.81. The molecule has 0 saturated carbocycles. The van der Waals surface area contributed by atoms with E-state index < -0.39 is 6.29 Å². The van der Waals surface area contributed by atoms with Crippen LogP contribution in [0, 0.1) is 0 Å². The fourth-order valence-electron chi connectivity index (χ4n) is 2.05. The summed E-state index contributed by atoms with van der Waals surface area (Å²) < 4.78 is 5.10. The molecule has 0 bridgehead atoms. The molecule has 0 radical (unpaired) electrons. The molecule has 0 rings (SSSR count). The Balaban J connectivity index is 2.94. The van der Waals surface area contributed by atoms with Crippen LogP contribution >= 0.6 is 0 Å². The van der Waals surface area contributed by atoms with Crippen molar-refractivity contribution in [2.24, 2.45) is 5.73 Å². The van der Waals surface area contributed by atoms with Crippen LogP contribution in [0.15, 0.2) is 0 Å². The third-order valence-corrected chi connectivity index (χ3v) is 3.26. The normalized spacial score (nSPS) is 12.8. The molecule has 0 fully saturated rings. The van der Waals surface area contributed by atoms with E-state index >= 15 is 0 Å². The number of nitrogens with two attached hydrogens (primary N) is 1. The Morgan fingerprint density at radius 3 is 1.72 bits per heavy atom. The largest absolute Gasteiger partial charge is 0.367 e. The molecular weight excluding hydrogens is 226 g/mol. The first-order chi connectivity index (χ1) is 8.81. The van der Waals surface area contributed by atoms with E-state index in [4.69, 9.17) is 15.6 Å². The lowest BCUT2D eigenvalue weighted by molar-refractivity contribution is -0.0921. The van der Waals surface area contributed by atoms with E-state index in [9.17, 15) is 0 Å². The minimum atomic E-state index is -0.770. The predicted octanol–water partition coefficient (Wildman–Crippen LogP) is 3.59. The van der Waals surface area contributed by atoms with Crippen LogP contribution < -0.4 is 5.73 Å². The SMILES string of the molecule is CCCCCCCCCCCCCOC(O)CN. The van der Waals surface area contributed by atoms with Gasteiger partial charge in [0, 0.05) is 13.2 Å². The van der Waals surface area contributed by atoms with Crippen molar-refractivity contribution in [1.29, 1.82) is 0 Å². The maximum atomic E-state index is 9.07. The van der Waals surface area contributed by atoms with Gasteiger partial charge in [0.05, 0.1) is 0 Å². The minimum absolute atomic E-state index is 0.192. The molecule has 0 spiro atoms. The predicted molar refractivity (Wildman–Crippen MR) is 77.5 cm³/mol. The summed E-state index contributed by atoms with van der Waals surface area (Å²) in [6, 6.07) is 0. The van der Waals surface area contributed by atoms with Crippen molar-refractivity contribution in [1.82, 2.24) is 0 Å². The highest BCUT2D eigenvalue weighted by molar-refractivity contribution is 4.48. The number of rotatable bonds is 14. The molecule has 3 N–H and O–H groups in total. The van der Waals surface area contributed by atoms with Gasteiger partial charge in [-0.05, 0) is 6.42 Å². The lowest BCUT2D eigenvalue weighted by atomic mass is 10.1. The quantitative estimate of drug-likeness (QED) is 0.370. The zero-order valence-electron chi connectivity index (χ0n) is 12.2. The number of aliphatic hydroxyl groups excluding tert-OH is 1. The molecule has 110 valence electrons. The Kier molecular flexibility index (Phi) is 14.8. The summed E-state index contributed by atoms with van der Waals surface area (Å²) in [6.45, 7) is 3.09. The van der Waals surface area contributed by atoms with E-state index in [0.29, 0.717) is 6.61 Å². The van der Waals surface area contributed by atoms with Gasteiger partial charge in [-0.1, -0.05) is 71.1 Å². The van der Waals surface area contributed by atoms with Gasteiger partial charge >= 0.3 is 0 Å². The van der Waals surface area contributed by atoms with E-state index in [0.717, 1.165) is 6.42 Å². The topological polar surface area (TPSA) is 55.5 Å². The van der Waals surface area contributed by atoms with Gasteiger partial charge in [0.1, 0.15) is 0 Å². The maximum absolute atomic E-state index is 9.07. The zero-order chi connectivity index (χ0) is 13.5. The molecule has 1 atom stereocenters. The van der Waals surface area contributed by atoms with Crippen LogP contribution in [0.25, 0.3) is 0 Å². The van der Waals surface area contributed by atoms with Crippen molar-refractivity contribution in [3.05, 3.63) is 0 Å². The van der Waals surface area contributed by atoms with Crippen LogP contribution in [0.2, 0.25) is 0 Å². The second-order valence-corrected chi connectivity index (χ2v) is 5.10. The zero-order valence-corrected chi connectivity index (χ0v) is 12.2. The van der Waals surface area contributed by atoms with Crippen molar-refractivity contribution in [3.8, 4) is 0 Å². The van der Waals surface area contributed by atoms with Crippen molar-refractivity contribution in [2.75, 3.05) is 13.2 Å². The van der Waals surface area contributed by atoms with Crippen LogP contribution in [-0.4, -0.2) is 24.5 Å². The van der Waals surface area contributed by atoms with Crippen LogP contribution in [0.4, 0.5) is 0 Å². The first kappa shape index (κ1) is 17.9. The first-order valence-corrected chi connectivity index (χ1v) is 7.81. The van der Waals surface area contributed by atoms with Gasteiger partial charge in [-0.15, -0.1) is 0 Å². The highest BCUT2D eigenvalue weighted by Gasteiger charge is 1.99. The fraction of sp³-hybridized carbons (Fsp3) is 1.00. The molecule has 0 aromatic carbocycles. The lowest BCUT2D eigenvalue weighted by Gasteiger charge is -2.08. The number of ether oxygens (including phenoxy) is 1. The molecular formula is C15H33NO2. The molecule has 3 heteroatoms. The molecule has 0 aromatic rings. The second kappa shape index (κ2) is 14.9. The van der Waals surface area contributed by atoms with E-state index in [-0.39, 0.29) is 6.54 Å². The van der Waals surface area contributed by atoms with Gasteiger partial charge in [0.15, 0.2) is 6.29 Å². The molecule has 3 nitrogen and oxygen atoms in total. The van der Waals surface area contributed by atoms with Crippen LogP contribution in [0.5, 0.6) is 0 Å².